The van der Waals surface area contributed by atoms with Crippen LogP contribution in [0.2, 0.25) is 0 Å². The minimum absolute atomic E-state index is 0.108. The number of benzene rings is 2. The third-order valence-electron chi connectivity index (χ3n) is 3.73. The molecule has 0 unspecified atom stereocenters. The number of rotatable bonds is 7. The Kier molecular flexibility index (Phi) is 5.82. The molecule has 2 heteroatoms. The van der Waals surface area contributed by atoms with Crippen molar-refractivity contribution in [3.8, 4) is 11.5 Å². The number of nitrogens with two attached hydrogens (primary N) is 1. The van der Waals surface area contributed by atoms with Crippen molar-refractivity contribution in [3.63, 3.8) is 0 Å². The Morgan fingerprint density at radius 1 is 0.905 bits per heavy atom. The number of ether oxygens (including phenoxy) is 1. The number of hydrogen-bond acceptors (Lipinski definition) is 2. The highest BCUT2D eigenvalue weighted by Gasteiger charge is 2.03. The Bertz CT molecular complexity index is 530. The summed E-state index contributed by atoms with van der Waals surface area (Å²) in [5.74, 6) is 1.73. The van der Waals surface area contributed by atoms with Gasteiger partial charge in [-0.3, -0.25) is 0 Å². The SMILES string of the molecule is CCCCc1ccc(Oc2ccc([C@@H](N)CC)cc2)cc1. The van der Waals surface area contributed by atoms with Crippen LogP contribution in [0.15, 0.2) is 48.5 Å². The van der Waals surface area contributed by atoms with E-state index in [1.807, 2.05) is 36.4 Å². The molecule has 2 nitrogen and oxygen atoms in total. The molecule has 0 aromatic heterocycles. The lowest BCUT2D eigenvalue weighted by Gasteiger charge is -2.11. The molecule has 0 aliphatic rings. The molecule has 0 bridgehead atoms. The van der Waals surface area contributed by atoms with E-state index in [0.717, 1.165) is 29.9 Å². The molecule has 2 rings (SSSR count). The summed E-state index contributed by atoms with van der Waals surface area (Å²) < 4.78 is 5.87. The summed E-state index contributed by atoms with van der Waals surface area (Å²) in [6.07, 6.45) is 4.55. The quantitative estimate of drug-likeness (QED) is 0.755. The molecule has 0 spiro atoms. The first-order valence-corrected chi connectivity index (χ1v) is 7.85. The average molecular weight is 283 g/mol. The molecule has 0 saturated carbocycles. The first kappa shape index (κ1) is 15.6. The monoisotopic (exact) mass is 283 g/mol. The van der Waals surface area contributed by atoms with Gasteiger partial charge in [0.2, 0.25) is 0 Å². The zero-order chi connectivity index (χ0) is 15.1. The summed E-state index contributed by atoms with van der Waals surface area (Å²) in [6, 6.07) is 16.5. The Balaban J connectivity index is 1.97. The van der Waals surface area contributed by atoms with E-state index >= 15 is 0 Å². The first-order chi connectivity index (χ1) is 10.2. The van der Waals surface area contributed by atoms with Gasteiger partial charge in [0.15, 0.2) is 0 Å². The topological polar surface area (TPSA) is 35.2 Å². The predicted molar refractivity (Wildman–Crippen MR) is 88.8 cm³/mol. The Morgan fingerprint density at radius 3 is 2.00 bits per heavy atom. The summed E-state index contributed by atoms with van der Waals surface area (Å²) in [5.41, 5.74) is 8.53. The highest BCUT2D eigenvalue weighted by atomic mass is 16.5. The molecule has 1 atom stereocenters. The van der Waals surface area contributed by atoms with E-state index < -0.39 is 0 Å². The molecule has 0 radical (unpaired) electrons. The second-order valence-corrected chi connectivity index (χ2v) is 5.43. The number of hydrogen-bond donors (Lipinski definition) is 1. The normalized spacial score (nSPS) is 12.1. The molecule has 2 aromatic rings. The maximum absolute atomic E-state index is 6.01. The summed E-state index contributed by atoms with van der Waals surface area (Å²) in [6.45, 7) is 4.31. The lowest BCUT2D eigenvalue weighted by atomic mass is 10.1. The number of aryl methyl sites for hydroxylation is 1. The second-order valence-electron chi connectivity index (χ2n) is 5.43. The van der Waals surface area contributed by atoms with E-state index in [0.29, 0.717) is 0 Å². The highest BCUT2D eigenvalue weighted by molar-refractivity contribution is 5.35. The van der Waals surface area contributed by atoms with Crippen LogP contribution in [0.5, 0.6) is 11.5 Å². The Morgan fingerprint density at radius 2 is 1.48 bits per heavy atom. The van der Waals surface area contributed by atoms with Gasteiger partial charge in [-0.2, -0.15) is 0 Å². The third-order valence-corrected chi connectivity index (χ3v) is 3.73. The van der Waals surface area contributed by atoms with Crippen LogP contribution in [0, 0.1) is 0 Å². The largest absolute Gasteiger partial charge is 0.457 e. The van der Waals surface area contributed by atoms with Gasteiger partial charge in [-0.1, -0.05) is 44.5 Å². The smallest absolute Gasteiger partial charge is 0.127 e. The lowest BCUT2D eigenvalue weighted by Crippen LogP contribution is -2.07. The Labute approximate surface area is 127 Å². The molecule has 21 heavy (non-hydrogen) atoms. The van der Waals surface area contributed by atoms with Crippen molar-refractivity contribution >= 4 is 0 Å². The van der Waals surface area contributed by atoms with Gasteiger partial charge < -0.3 is 10.5 Å². The lowest BCUT2D eigenvalue weighted by molar-refractivity contribution is 0.482. The molecular formula is C19H25NO. The van der Waals surface area contributed by atoms with Gasteiger partial charge in [0.25, 0.3) is 0 Å². The van der Waals surface area contributed by atoms with E-state index in [4.69, 9.17) is 10.5 Å². The summed E-state index contributed by atoms with van der Waals surface area (Å²) >= 11 is 0. The van der Waals surface area contributed by atoms with Gasteiger partial charge in [0, 0.05) is 6.04 Å². The fourth-order valence-electron chi connectivity index (χ4n) is 2.26. The molecule has 0 aliphatic heterocycles. The minimum Gasteiger partial charge on any atom is -0.457 e. The summed E-state index contributed by atoms with van der Waals surface area (Å²) in [5, 5.41) is 0. The van der Waals surface area contributed by atoms with E-state index in [-0.39, 0.29) is 6.04 Å². The second kappa shape index (κ2) is 7.84. The molecule has 0 fully saturated rings. The fraction of sp³-hybridized carbons (Fsp3) is 0.368. The van der Waals surface area contributed by atoms with Crippen molar-refractivity contribution < 1.29 is 4.74 Å². The van der Waals surface area contributed by atoms with Gasteiger partial charge in [0.05, 0.1) is 0 Å². The molecule has 2 aromatic carbocycles. The molecule has 0 aliphatic carbocycles. The Hall–Kier alpha value is -1.80. The number of unbranched alkanes of at least 4 members (excludes halogenated alkanes) is 1. The predicted octanol–water partition coefficient (Wildman–Crippen LogP) is 5.23. The minimum atomic E-state index is 0.108. The van der Waals surface area contributed by atoms with E-state index in [9.17, 15) is 0 Å². The van der Waals surface area contributed by atoms with Crippen molar-refractivity contribution in [1.82, 2.24) is 0 Å². The molecule has 0 saturated heterocycles. The van der Waals surface area contributed by atoms with E-state index in [2.05, 4.69) is 26.0 Å². The zero-order valence-corrected chi connectivity index (χ0v) is 13.0. The van der Waals surface area contributed by atoms with E-state index in [1.165, 1.54) is 18.4 Å². The van der Waals surface area contributed by atoms with Gasteiger partial charge in [-0.25, -0.2) is 0 Å². The van der Waals surface area contributed by atoms with E-state index in [1.54, 1.807) is 0 Å². The van der Waals surface area contributed by atoms with Gasteiger partial charge in [0.1, 0.15) is 11.5 Å². The third kappa shape index (κ3) is 4.61. The molecule has 0 amide bonds. The van der Waals surface area contributed by atoms with Crippen molar-refractivity contribution in [1.29, 1.82) is 0 Å². The van der Waals surface area contributed by atoms with Crippen molar-refractivity contribution in [2.75, 3.05) is 0 Å². The maximum atomic E-state index is 6.01. The van der Waals surface area contributed by atoms with Crippen LogP contribution in [0.25, 0.3) is 0 Å². The van der Waals surface area contributed by atoms with Crippen LogP contribution >= 0.6 is 0 Å². The average Bonchev–Trinajstić information content (AvgIpc) is 2.54. The maximum Gasteiger partial charge on any atom is 0.127 e. The van der Waals surface area contributed by atoms with Gasteiger partial charge >= 0.3 is 0 Å². The fourth-order valence-corrected chi connectivity index (χ4v) is 2.26. The van der Waals surface area contributed by atoms with Gasteiger partial charge in [-0.05, 0) is 54.7 Å². The molecule has 2 N–H and O–H groups in total. The highest BCUT2D eigenvalue weighted by Crippen LogP contribution is 2.24. The van der Waals surface area contributed by atoms with Gasteiger partial charge in [-0.15, -0.1) is 0 Å². The molecular weight excluding hydrogens is 258 g/mol. The van der Waals surface area contributed by atoms with Crippen molar-refractivity contribution in [2.24, 2.45) is 5.73 Å². The molecule has 0 heterocycles. The summed E-state index contributed by atoms with van der Waals surface area (Å²) in [7, 11) is 0. The van der Waals surface area contributed by atoms with Crippen LogP contribution in [0.3, 0.4) is 0 Å². The van der Waals surface area contributed by atoms with Crippen LogP contribution in [-0.2, 0) is 6.42 Å². The zero-order valence-electron chi connectivity index (χ0n) is 13.0. The first-order valence-electron chi connectivity index (χ1n) is 7.85. The van der Waals surface area contributed by atoms with Crippen LogP contribution in [0.1, 0.15) is 50.3 Å². The van der Waals surface area contributed by atoms with Crippen LogP contribution in [-0.4, -0.2) is 0 Å². The van der Waals surface area contributed by atoms with Crippen molar-refractivity contribution in [3.05, 3.63) is 59.7 Å². The van der Waals surface area contributed by atoms with Crippen LogP contribution in [0.4, 0.5) is 0 Å². The van der Waals surface area contributed by atoms with Crippen LogP contribution < -0.4 is 10.5 Å². The summed E-state index contributed by atoms with van der Waals surface area (Å²) in [4.78, 5) is 0. The van der Waals surface area contributed by atoms with Crippen molar-refractivity contribution in [2.45, 2.75) is 45.6 Å². The molecule has 112 valence electrons. The standard InChI is InChI=1S/C19H25NO/c1-3-5-6-15-7-11-17(12-8-15)21-18-13-9-16(10-14-18)19(20)4-2/h7-14,19H,3-6,20H2,1-2H3/t19-/m0/s1.